The summed E-state index contributed by atoms with van der Waals surface area (Å²) in [6.45, 7) is 0. The average Bonchev–Trinajstić information content (AvgIpc) is 3.29. The number of aryl methyl sites for hydroxylation is 1. The number of fused-ring (bicyclic) bond motifs is 1. The van der Waals surface area contributed by atoms with Crippen molar-refractivity contribution in [2.75, 3.05) is 12.0 Å². The first kappa shape index (κ1) is 17.6. The van der Waals surface area contributed by atoms with Crippen LogP contribution in [-0.4, -0.2) is 29.9 Å². The minimum absolute atomic E-state index is 0.0148. The van der Waals surface area contributed by atoms with Crippen molar-refractivity contribution >= 4 is 23.6 Å². The normalized spacial score (nSPS) is 16.9. The molecule has 0 saturated heterocycles. The predicted molar refractivity (Wildman–Crippen MR) is 98.6 cm³/mol. The minimum Gasteiger partial charge on any atom is -0.459 e. The fraction of sp³-hybridized carbons (Fsp3) is 0.368. The van der Waals surface area contributed by atoms with Gasteiger partial charge in [-0.3, -0.25) is 9.59 Å². The number of rotatable bonds is 7. The van der Waals surface area contributed by atoms with Crippen LogP contribution in [0.4, 0.5) is 0 Å². The Hall–Kier alpha value is -2.21. The summed E-state index contributed by atoms with van der Waals surface area (Å²) in [5.74, 6) is 0.500. The van der Waals surface area contributed by atoms with Crippen LogP contribution in [0, 0.1) is 0 Å². The zero-order chi connectivity index (χ0) is 17.6. The molecular formula is C19H22N2O3S. The Bertz CT molecular complexity index is 730. The molecule has 0 fully saturated rings. The second kappa shape index (κ2) is 8.25. The van der Waals surface area contributed by atoms with E-state index in [9.17, 15) is 9.59 Å². The Kier molecular flexibility index (Phi) is 5.81. The van der Waals surface area contributed by atoms with Crippen LogP contribution in [0.2, 0.25) is 0 Å². The lowest BCUT2D eigenvalue weighted by molar-refractivity contribution is -0.123. The molecule has 1 aliphatic rings. The van der Waals surface area contributed by atoms with Gasteiger partial charge in [-0.2, -0.15) is 11.8 Å². The van der Waals surface area contributed by atoms with E-state index in [1.807, 2.05) is 18.4 Å². The van der Waals surface area contributed by atoms with Crippen LogP contribution in [0.1, 0.15) is 40.6 Å². The highest BCUT2D eigenvalue weighted by molar-refractivity contribution is 7.98. The van der Waals surface area contributed by atoms with Crippen molar-refractivity contribution in [2.24, 2.45) is 0 Å². The Balaban J connectivity index is 1.66. The maximum Gasteiger partial charge on any atom is 0.287 e. The van der Waals surface area contributed by atoms with Crippen LogP contribution in [0.5, 0.6) is 0 Å². The van der Waals surface area contributed by atoms with Crippen LogP contribution in [0.15, 0.2) is 47.1 Å². The summed E-state index contributed by atoms with van der Waals surface area (Å²) in [6.07, 6.45) is 5.87. The van der Waals surface area contributed by atoms with E-state index in [1.54, 1.807) is 23.9 Å². The van der Waals surface area contributed by atoms with E-state index in [2.05, 4.69) is 22.8 Å². The molecule has 2 aromatic rings. The van der Waals surface area contributed by atoms with E-state index in [1.165, 1.54) is 17.4 Å². The lowest BCUT2D eigenvalue weighted by atomic mass is 10.1. The summed E-state index contributed by atoms with van der Waals surface area (Å²) in [5, 5.41) is 5.90. The first-order valence-electron chi connectivity index (χ1n) is 8.40. The molecule has 132 valence electrons. The Morgan fingerprint density at radius 2 is 2.12 bits per heavy atom. The third kappa shape index (κ3) is 4.25. The second-order valence-corrected chi connectivity index (χ2v) is 7.07. The largest absolute Gasteiger partial charge is 0.459 e. The zero-order valence-electron chi connectivity index (χ0n) is 14.2. The maximum atomic E-state index is 12.8. The first-order valence-corrected chi connectivity index (χ1v) is 9.80. The van der Waals surface area contributed by atoms with Crippen molar-refractivity contribution in [3.8, 4) is 0 Å². The smallest absolute Gasteiger partial charge is 0.287 e. The van der Waals surface area contributed by atoms with Crippen LogP contribution in [0.25, 0.3) is 0 Å². The number of thioether (sulfide) groups is 1. The second-order valence-electron chi connectivity index (χ2n) is 6.08. The number of benzene rings is 1. The number of hydrogen-bond acceptors (Lipinski definition) is 4. The quantitative estimate of drug-likeness (QED) is 0.798. The molecule has 2 atom stereocenters. The van der Waals surface area contributed by atoms with Gasteiger partial charge in [0.1, 0.15) is 6.04 Å². The third-order valence-electron chi connectivity index (χ3n) is 4.43. The lowest BCUT2D eigenvalue weighted by Gasteiger charge is -2.21. The van der Waals surface area contributed by atoms with E-state index in [0.29, 0.717) is 6.42 Å². The van der Waals surface area contributed by atoms with Crippen LogP contribution in [-0.2, 0) is 11.2 Å². The van der Waals surface area contributed by atoms with E-state index >= 15 is 0 Å². The number of carbonyl (C=O) groups excluding carboxylic acids is 2. The topological polar surface area (TPSA) is 71.3 Å². The van der Waals surface area contributed by atoms with Gasteiger partial charge in [-0.15, -0.1) is 0 Å². The molecule has 1 aromatic carbocycles. The minimum atomic E-state index is -0.571. The Morgan fingerprint density at radius 1 is 1.28 bits per heavy atom. The van der Waals surface area contributed by atoms with Gasteiger partial charge in [0.25, 0.3) is 5.91 Å². The molecule has 1 aliphatic carbocycles. The van der Waals surface area contributed by atoms with Gasteiger partial charge in [0.15, 0.2) is 5.76 Å². The highest BCUT2D eigenvalue weighted by atomic mass is 32.2. The number of furan rings is 1. The average molecular weight is 358 g/mol. The monoisotopic (exact) mass is 358 g/mol. The molecule has 1 aromatic heterocycles. The summed E-state index contributed by atoms with van der Waals surface area (Å²) in [7, 11) is 0. The van der Waals surface area contributed by atoms with Crippen molar-refractivity contribution in [2.45, 2.75) is 31.3 Å². The highest BCUT2D eigenvalue weighted by Crippen LogP contribution is 2.30. The van der Waals surface area contributed by atoms with Gasteiger partial charge >= 0.3 is 0 Å². The zero-order valence-corrected chi connectivity index (χ0v) is 15.0. The molecule has 25 heavy (non-hydrogen) atoms. The molecule has 0 unspecified atom stereocenters. The summed E-state index contributed by atoms with van der Waals surface area (Å²) in [5.41, 5.74) is 2.46. The highest BCUT2D eigenvalue weighted by Gasteiger charge is 2.28. The third-order valence-corrected chi connectivity index (χ3v) is 5.07. The standard InChI is InChI=1S/C19H22N2O3S/c1-25-12-10-16(21-19(23)17-7-4-11-24-17)18(22)20-15-9-8-13-5-2-3-6-14(13)15/h2-7,11,15-16H,8-10,12H2,1H3,(H,20,22)(H,21,23)/t15-,16+/m1/s1. The van der Waals surface area contributed by atoms with Crippen LogP contribution in [0.3, 0.4) is 0 Å². The number of hydrogen-bond donors (Lipinski definition) is 2. The molecule has 2 N–H and O–H groups in total. The summed E-state index contributed by atoms with van der Waals surface area (Å²) in [4.78, 5) is 25.0. The molecule has 1 heterocycles. The van der Waals surface area contributed by atoms with Gasteiger partial charge in [0.2, 0.25) is 5.91 Å². The van der Waals surface area contributed by atoms with E-state index < -0.39 is 6.04 Å². The van der Waals surface area contributed by atoms with Gasteiger partial charge in [-0.1, -0.05) is 24.3 Å². The number of carbonyl (C=O) groups is 2. The fourth-order valence-electron chi connectivity index (χ4n) is 3.12. The fourth-order valence-corrected chi connectivity index (χ4v) is 3.59. The molecular weight excluding hydrogens is 336 g/mol. The van der Waals surface area contributed by atoms with Gasteiger partial charge in [-0.25, -0.2) is 0 Å². The van der Waals surface area contributed by atoms with Crippen LogP contribution < -0.4 is 10.6 Å². The van der Waals surface area contributed by atoms with Crippen molar-refractivity contribution in [1.82, 2.24) is 10.6 Å². The molecule has 3 rings (SSSR count). The van der Waals surface area contributed by atoms with Gasteiger partial charge in [0, 0.05) is 0 Å². The predicted octanol–water partition coefficient (Wildman–Crippen LogP) is 2.93. The van der Waals surface area contributed by atoms with Crippen LogP contribution >= 0.6 is 11.8 Å². The number of nitrogens with one attached hydrogen (secondary N) is 2. The summed E-state index contributed by atoms with van der Waals surface area (Å²) >= 11 is 1.65. The van der Waals surface area contributed by atoms with Crippen molar-refractivity contribution in [1.29, 1.82) is 0 Å². The molecule has 0 radical (unpaired) electrons. The van der Waals surface area contributed by atoms with Crippen molar-refractivity contribution < 1.29 is 14.0 Å². The van der Waals surface area contributed by atoms with Gasteiger partial charge in [0.05, 0.1) is 12.3 Å². The van der Waals surface area contributed by atoms with E-state index in [-0.39, 0.29) is 23.6 Å². The SMILES string of the molecule is CSCC[C@H](NC(=O)c1ccco1)C(=O)N[C@@H]1CCc2ccccc21. The first-order chi connectivity index (χ1) is 12.2. The summed E-state index contributed by atoms with van der Waals surface area (Å²) in [6, 6.07) is 10.9. The van der Waals surface area contributed by atoms with Crippen molar-refractivity contribution in [3.05, 3.63) is 59.5 Å². The molecule has 0 saturated carbocycles. The molecule has 6 heteroatoms. The van der Waals surface area contributed by atoms with Crippen molar-refractivity contribution in [3.63, 3.8) is 0 Å². The lowest BCUT2D eigenvalue weighted by Crippen LogP contribution is -2.47. The molecule has 5 nitrogen and oxygen atoms in total. The van der Waals surface area contributed by atoms with Gasteiger partial charge in [-0.05, 0) is 54.5 Å². The molecule has 0 spiro atoms. The molecule has 0 aliphatic heterocycles. The van der Waals surface area contributed by atoms with E-state index in [4.69, 9.17) is 4.42 Å². The molecule has 2 amide bonds. The Morgan fingerprint density at radius 3 is 2.88 bits per heavy atom. The molecule has 0 bridgehead atoms. The Labute approximate surface area is 151 Å². The summed E-state index contributed by atoms with van der Waals surface area (Å²) < 4.78 is 5.11. The van der Waals surface area contributed by atoms with E-state index in [0.717, 1.165) is 18.6 Å². The maximum absolute atomic E-state index is 12.8. The number of amides is 2. The van der Waals surface area contributed by atoms with Gasteiger partial charge < -0.3 is 15.1 Å².